The van der Waals surface area contributed by atoms with Crippen molar-refractivity contribution in [2.75, 3.05) is 0 Å². The smallest absolute Gasteiger partial charge is 1.00 e. The van der Waals surface area contributed by atoms with E-state index in [4.69, 9.17) is 0 Å². The fraction of sp³-hybridized carbons (Fsp3) is 0. The minimum Gasteiger partial charge on any atom is -1.00 e. The first kappa shape index (κ1) is 15.8. The number of hydrogen-bond donors (Lipinski definition) is 0. The molecule has 0 nitrogen and oxygen atoms in total. The molecule has 0 saturated carbocycles. The summed E-state index contributed by atoms with van der Waals surface area (Å²) in [5, 5.41) is 0. The van der Waals surface area contributed by atoms with Crippen molar-refractivity contribution < 1.29 is 17.0 Å². The molecule has 2 heteroatoms. The Hall–Kier alpha value is 0.466. The van der Waals surface area contributed by atoms with Crippen molar-refractivity contribution in [3.8, 4) is 0 Å². The minimum atomic E-state index is 0. The quantitative estimate of drug-likeness (QED) is 0.273. The molecule has 0 bridgehead atoms. The normalized spacial score (nSPS) is 6.50. The van der Waals surface area contributed by atoms with Crippen molar-refractivity contribution in [2.45, 2.75) is 0 Å². The van der Waals surface area contributed by atoms with Gasteiger partial charge in [-0.1, -0.05) is 0 Å². The Balaban J connectivity index is -0.000000125. The summed E-state index contributed by atoms with van der Waals surface area (Å²) in [6, 6.07) is 0. The Morgan fingerprint density at radius 2 is 1.75 bits per heavy atom. The van der Waals surface area contributed by atoms with Crippen LogP contribution in [0.2, 0.25) is 0 Å². The molecule has 0 heterocycles. The molecule has 0 amide bonds. The third kappa shape index (κ3) is 16.1. The fourth-order valence-electron chi connectivity index (χ4n) is 0.136. The Kier molecular flexibility index (Phi) is 30.9. The van der Waals surface area contributed by atoms with E-state index in [-0.39, 0.29) is 40.0 Å². The van der Waals surface area contributed by atoms with Crippen LogP contribution in [0.15, 0.2) is 31.4 Å². The van der Waals surface area contributed by atoms with E-state index in [0.717, 1.165) is 0 Å². The first-order valence-corrected chi connectivity index (χ1v) is 1.73. The molecule has 0 fully saturated rings. The zero-order chi connectivity index (χ0) is 4.83. The van der Waals surface area contributed by atoms with Gasteiger partial charge in [-0.25, -0.2) is 0 Å². The van der Waals surface area contributed by atoms with Crippen LogP contribution in [-0.2, 0) is 0 Å². The van der Waals surface area contributed by atoms with Crippen molar-refractivity contribution in [3.05, 3.63) is 37.5 Å². The molecule has 0 aromatic carbocycles. The molecule has 0 aliphatic heterocycles. The maximum Gasteiger partial charge on any atom is 2.00 e. The molecule has 0 atom stereocenters. The first-order valence-electron chi connectivity index (χ1n) is 1.73. The van der Waals surface area contributed by atoms with Gasteiger partial charge < -0.3 is 17.0 Å². The molecule has 0 spiro atoms. The summed E-state index contributed by atoms with van der Waals surface area (Å²) >= 11 is 0. The second kappa shape index (κ2) is 15.7. The Morgan fingerprint density at radius 1 is 1.25 bits per heavy atom. The summed E-state index contributed by atoms with van der Waals surface area (Å²) < 4.78 is 0. The molecule has 0 aliphatic carbocycles. The number of hydrogen-bond acceptors (Lipinski definition) is 0. The average molecular weight is 183 g/mol. The molecule has 0 rings (SSSR count). The van der Waals surface area contributed by atoms with Crippen molar-refractivity contribution in [2.24, 2.45) is 0 Å². The van der Waals surface area contributed by atoms with E-state index in [0.29, 0.717) is 0 Å². The van der Waals surface area contributed by atoms with Gasteiger partial charge in [0.1, 0.15) is 0 Å². The molecule has 8 heavy (non-hydrogen) atoms. The van der Waals surface area contributed by atoms with E-state index < -0.39 is 0 Å². The third-order valence-corrected chi connectivity index (χ3v) is 0.332. The molecular weight excluding hydrogens is 176 g/mol. The second-order valence-electron chi connectivity index (χ2n) is 0.773. The summed E-state index contributed by atoms with van der Waals surface area (Å²) in [5.74, 6) is 0. The van der Waals surface area contributed by atoms with Gasteiger partial charge >= 0.3 is 23.1 Å². The monoisotopic (exact) mass is 182 g/mol. The summed E-state index contributed by atoms with van der Waals surface area (Å²) in [4.78, 5) is 0. The molecular formula is C6H7BrMg. The molecule has 40 valence electrons. The Labute approximate surface area is 77.3 Å². The van der Waals surface area contributed by atoms with Crippen molar-refractivity contribution in [1.82, 2.24) is 0 Å². The third-order valence-electron chi connectivity index (χ3n) is 0.332. The van der Waals surface area contributed by atoms with E-state index in [9.17, 15) is 0 Å². The molecule has 0 N–H and O–H groups in total. The zero-order valence-corrected chi connectivity index (χ0v) is 7.73. The number of halogens is 1. The van der Waals surface area contributed by atoms with Gasteiger partial charge in [-0.2, -0.15) is 37.5 Å². The Morgan fingerprint density at radius 3 is 1.88 bits per heavy atom. The summed E-state index contributed by atoms with van der Waals surface area (Å²) in [5.41, 5.74) is 0. The predicted octanol–water partition coefficient (Wildman–Crippen LogP) is -1.66. The zero-order valence-electron chi connectivity index (χ0n) is 4.73. The van der Waals surface area contributed by atoms with Gasteiger partial charge in [0, 0.05) is 0 Å². The summed E-state index contributed by atoms with van der Waals surface area (Å²) in [6.07, 6.45) is 7.66. The van der Waals surface area contributed by atoms with Crippen molar-refractivity contribution in [3.63, 3.8) is 0 Å². The molecule has 0 radical (unpaired) electrons. The number of rotatable bonds is 2. The fourth-order valence-corrected chi connectivity index (χ4v) is 0.136. The van der Waals surface area contributed by atoms with Crippen LogP contribution < -0.4 is 17.0 Å². The molecule has 0 aromatic rings. The minimum absolute atomic E-state index is 0. The maximum atomic E-state index is 3.43. The molecule has 0 aliphatic rings. The van der Waals surface area contributed by atoms with Crippen LogP contribution in [0.5, 0.6) is 0 Å². The molecule has 0 saturated heterocycles. The van der Waals surface area contributed by atoms with E-state index in [1.807, 2.05) is 0 Å². The van der Waals surface area contributed by atoms with Gasteiger partial charge in [-0.3, -0.25) is 0 Å². The van der Waals surface area contributed by atoms with Gasteiger partial charge in [0.05, 0.1) is 0 Å². The first-order chi connectivity index (χ1) is 2.91. The van der Waals surface area contributed by atoms with Gasteiger partial charge in [-0.05, 0) is 0 Å². The molecule has 0 unspecified atom stereocenters. The predicted molar refractivity (Wildman–Crippen MR) is 34.0 cm³/mol. The van der Waals surface area contributed by atoms with Crippen molar-refractivity contribution >= 4 is 23.1 Å². The average Bonchev–Trinajstić information content (AvgIpc) is 1.61. The largest absolute Gasteiger partial charge is 2.00 e. The van der Waals surface area contributed by atoms with E-state index in [1.165, 1.54) is 0 Å². The van der Waals surface area contributed by atoms with Gasteiger partial charge in [-0.15, -0.1) is 0 Å². The topological polar surface area (TPSA) is 0 Å². The number of allylic oxidation sites excluding steroid dienone is 4. The van der Waals surface area contributed by atoms with Gasteiger partial charge in [0.15, 0.2) is 0 Å². The van der Waals surface area contributed by atoms with E-state index in [2.05, 4.69) is 19.2 Å². The van der Waals surface area contributed by atoms with Gasteiger partial charge in [0.2, 0.25) is 0 Å². The van der Waals surface area contributed by atoms with Gasteiger partial charge in [0.25, 0.3) is 0 Å². The van der Waals surface area contributed by atoms with Crippen LogP contribution in [0, 0.1) is 6.08 Å². The standard InChI is InChI=1S/C6H7.BrH.Mg/c1-3-5-6-4-2;;/h3-5H,1-2H2;1H;/q-1;;+2/p-1. The van der Waals surface area contributed by atoms with Crippen LogP contribution in [0.25, 0.3) is 0 Å². The van der Waals surface area contributed by atoms with Crippen LogP contribution >= 0.6 is 0 Å². The van der Waals surface area contributed by atoms with Crippen LogP contribution in [-0.4, -0.2) is 23.1 Å². The summed E-state index contributed by atoms with van der Waals surface area (Å²) in [7, 11) is 0. The maximum absolute atomic E-state index is 3.43. The van der Waals surface area contributed by atoms with Crippen LogP contribution in [0.3, 0.4) is 0 Å². The van der Waals surface area contributed by atoms with Crippen LogP contribution in [0.1, 0.15) is 0 Å². The van der Waals surface area contributed by atoms with E-state index >= 15 is 0 Å². The van der Waals surface area contributed by atoms with Crippen LogP contribution in [0.4, 0.5) is 0 Å². The van der Waals surface area contributed by atoms with Crippen molar-refractivity contribution in [1.29, 1.82) is 0 Å². The molecule has 0 aromatic heterocycles. The second-order valence-corrected chi connectivity index (χ2v) is 0.773. The SMILES string of the molecule is C=C[C-]=CC=C.[Br-].[Mg+2]. The summed E-state index contributed by atoms with van der Waals surface area (Å²) in [6.45, 7) is 6.84. The van der Waals surface area contributed by atoms with E-state index in [1.54, 1.807) is 18.2 Å². The Bertz CT molecular complexity index is 66.6.